The third kappa shape index (κ3) is 4.30. The van der Waals surface area contributed by atoms with E-state index < -0.39 is 23.5 Å². The van der Waals surface area contributed by atoms with Crippen LogP contribution in [0.15, 0.2) is 47.1 Å². The average molecular weight is 402 g/mol. The van der Waals surface area contributed by atoms with Crippen LogP contribution in [-0.2, 0) is 6.18 Å². The van der Waals surface area contributed by atoms with Crippen molar-refractivity contribution in [2.24, 2.45) is 10.7 Å². The minimum absolute atomic E-state index is 0.0155. The van der Waals surface area contributed by atoms with Crippen molar-refractivity contribution in [3.8, 4) is 23.3 Å². The average Bonchev–Trinajstić information content (AvgIpc) is 2.99. The lowest BCUT2D eigenvalue weighted by Crippen LogP contribution is -2.19. The number of nitrogens with zero attached hydrogens (tertiary/aromatic N) is 2. The van der Waals surface area contributed by atoms with E-state index in [0.717, 1.165) is 6.07 Å². The molecule has 0 fully saturated rings. The highest BCUT2D eigenvalue weighted by molar-refractivity contribution is 6.13. The fourth-order valence-electron chi connectivity index (χ4n) is 2.54. The first-order valence-electron chi connectivity index (χ1n) is 8.05. The zero-order chi connectivity index (χ0) is 21.2. The molecule has 0 spiro atoms. The molecule has 10 heteroatoms. The summed E-state index contributed by atoms with van der Waals surface area (Å²) in [5.74, 6) is -0.277. The van der Waals surface area contributed by atoms with Crippen LogP contribution in [0.1, 0.15) is 16.7 Å². The lowest BCUT2D eigenvalue weighted by Gasteiger charge is -2.16. The van der Waals surface area contributed by atoms with Gasteiger partial charge in [0.15, 0.2) is 17.3 Å². The van der Waals surface area contributed by atoms with Crippen molar-refractivity contribution in [1.82, 2.24) is 5.32 Å². The first-order valence-corrected chi connectivity index (χ1v) is 8.05. The molecule has 0 saturated heterocycles. The number of hydrogen-bond acceptors (Lipinski definition) is 5. The molecule has 0 aliphatic carbocycles. The number of methoxy groups -OCH3 is 1. The summed E-state index contributed by atoms with van der Waals surface area (Å²) in [6, 6.07) is 8.53. The number of amidine groups is 1. The van der Waals surface area contributed by atoms with E-state index in [9.17, 15) is 18.0 Å². The molecule has 0 unspecified atom stereocenters. The van der Waals surface area contributed by atoms with Gasteiger partial charge in [0.2, 0.25) is 0 Å². The van der Waals surface area contributed by atoms with Crippen molar-refractivity contribution in [3.63, 3.8) is 0 Å². The van der Waals surface area contributed by atoms with Gasteiger partial charge in [-0.3, -0.25) is 0 Å². The molecule has 0 bridgehead atoms. The summed E-state index contributed by atoms with van der Waals surface area (Å²) in [5, 5.41) is 11.3. The quantitative estimate of drug-likeness (QED) is 0.808. The van der Waals surface area contributed by atoms with E-state index in [0.29, 0.717) is 11.6 Å². The molecule has 7 nitrogen and oxygen atoms in total. The molecule has 0 saturated carbocycles. The Morgan fingerprint density at radius 2 is 1.90 bits per heavy atom. The third-order valence-electron chi connectivity index (χ3n) is 3.87. The summed E-state index contributed by atoms with van der Waals surface area (Å²) in [4.78, 5) is 14.7. The van der Waals surface area contributed by atoms with E-state index >= 15 is 0 Å². The van der Waals surface area contributed by atoms with Gasteiger partial charge in [-0.05, 0) is 42.0 Å². The second-order valence-corrected chi connectivity index (χ2v) is 5.82. The number of nitriles is 1. The molecule has 3 N–H and O–H groups in total. The maximum atomic E-state index is 13.3. The molecule has 1 heterocycles. The standard InChI is InChI=1S/C19H13F3N4O3/c1-28-16-8-10(7-13-17(24)26-18(27)25-13)2-5-15(16)29-14-4-3-11(9-23)6-12(14)19(20,21)22/h2-8H,1H3,(H3,24,25,26,27). The summed E-state index contributed by atoms with van der Waals surface area (Å²) < 4.78 is 50.6. The van der Waals surface area contributed by atoms with Crippen LogP contribution in [0.25, 0.3) is 6.08 Å². The number of alkyl halides is 3. The van der Waals surface area contributed by atoms with E-state index in [-0.39, 0.29) is 28.6 Å². The van der Waals surface area contributed by atoms with Gasteiger partial charge in [-0.2, -0.15) is 23.4 Å². The molecule has 1 aliphatic rings. The number of ether oxygens (including phenoxy) is 2. The SMILES string of the molecule is COc1cc(C=C2NC(=O)N=C2N)ccc1Oc1ccc(C#N)cc1C(F)(F)F. The fourth-order valence-corrected chi connectivity index (χ4v) is 2.54. The third-order valence-corrected chi connectivity index (χ3v) is 3.87. The zero-order valence-electron chi connectivity index (χ0n) is 14.9. The molecule has 148 valence electrons. The van der Waals surface area contributed by atoms with Gasteiger partial charge in [-0.15, -0.1) is 0 Å². The van der Waals surface area contributed by atoms with Crippen LogP contribution in [-0.4, -0.2) is 19.0 Å². The smallest absolute Gasteiger partial charge is 0.420 e. The van der Waals surface area contributed by atoms with Gasteiger partial charge in [0, 0.05) is 0 Å². The highest BCUT2D eigenvalue weighted by Gasteiger charge is 2.35. The van der Waals surface area contributed by atoms with Crippen molar-refractivity contribution in [1.29, 1.82) is 5.26 Å². The highest BCUT2D eigenvalue weighted by Crippen LogP contribution is 2.41. The van der Waals surface area contributed by atoms with Crippen LogP contribution in [0.3, 0.4) is 0 Å². The summed E-state index contributed by atoms with van der Waals surface area (Å²) >= 11 is 0. The minimum Gasteiger partial charge on any atom is -0.493 e. The van der Waals surface area contributed by atoms with Gasteiger partial charge in [0.05, 0.1) is 30.0 Å². The van der Waals surface area contributed by atoms with Crippen molar-refractivity contribution in [2.75, 3.05) is 7.11 Å². The molecule has 3 rings (SSSR count). The Morgan fingerprint density at radius 1 is 1.17 bits per heavy atom. The lowest BCUT2D eigenvalue weighted by molar-refractivity contribution is -0.138. The van der Waals surface area contributed by atoms with Gasteiger partial charge in [0.25, 0.3) is 0 Å². The summed E-state index contributed by atoms with van der Waals surface area (Å²) in [5.41, 5.74) is 5.22. The molecular formula is C19H13F3N4O3. The normalized spacial score (nSPS) is 14.9. The number of urea groups is 1. The number of aliphatic imine (C=N–C) groups is 1. The molecule has 0 aromatic heterocycles. The van der Waals surface area contributed by atoms with E-state index in [1.807, 2.05) is 0 Å². The Hall–Kier alpha value is -4.00. The highest BCUT2D eigenvalue weighted by atomic mass is 19.4. The van der Waals surface area contributed by atoms with Crippen LogP contribution in [0.5, 0.6) is 17.2 Å². The largest absolute Gasteiger partial charge is 0.493 e. The Kier molecular flexibility index (Phi) is 5.14. The number of carbonyl (C=O) groups excluding carboxylic acids is 1. The predicted molar refractivity (Wildman–Crippen MR) is 97.4 cm³/mol. The molecule has 2 amide bonds. The lowest BCUT2D eigenvalue weighted by atomic mass is 10.1. The maximum absolute atomic E-state index is 13.3. The maximum Gasteiger partial charge on any atom is 0.420 e. The van der Waals surface area contributed by atoms with E-state index in [1.54, 1.807) is 12.1 Å². The molecule has 29 heavy (non-hydrogen) atoms. The fraction of sp³-hybridized carbons (Fsp3) is 0.105. The van der Waals surface area contributed by atoms with Gasteiger partial charge in [-0.1, -0.05) is 6.07 Å². The van der Waals surface area contributed by atoms with Crippen LogP contribution < -0.4 is 20.5 Å². The van der Waals surface area contributed by atoms with Crippen molar-refractivity contribution in [3.05, 3.63) is 58.8 Å². The number of amides is 2. The monoisotopic (exact) mass is 402 g/mol. The topological polar surface area (TPSA) is 110 Å². The first kappa shape index (κ1) is 19.8. The Morgan fingerprint density at radius 3 is 2.48 bits per heavy atom. The zero-order valence-corrected chi connectivity index (χ0v) is 14.9. The van der Waals surface area contributed by atoms with Crippen LogP contribution in [0.2, 0.25) is 0 Å². The first-order chi connectivity index (χ1) is 13.7. The van der Waals surface area contributed by atoms with E-state index in [2.05, 4.69) is 10.3 Å². The molecular weight excluding hydrogens is 389 g/mol. The van der Waals surface area contributed by atoms with Crippen molar-refractivity contribution >= 4 is 17.9 Å². The number of rotatable bonds is 4. The number of nitrogens with one attached hydrogen (secondary N) is 1. The molecule has 0 atom stereocenters. The number of benzene rings is 2. The van der Waals surface area contributed by atoms with Gasteiger partial charge in [-0.25, -0.2) is 4.79 Å². The van der Waals surface area contributed by atoms with Crippen molar-refractivity contribution < 1.29 is 27.4 Å². The van der Waals surface area contributed by atoms with Crippen LogP contribution >= 0.6 is 0 Å². The van der Waals surface area contributed by atoms with Gasteiger partial charge in [0.1, 0.15) is 5.75 Å². The van der Waals surface area contributed by atoms with E-state index in [1.165, 1.54) is 31.4 Å². The second-order valence-electron chi connectivity index (χ2n) is 5.82. The Balaban J connectivity index is 1.95. The number of nitrogens with two attached hydrogens (primary N) is 1. The molecule has 1 aliphatic heterocycles. The number of hydrogen-bond donors (Lipinski definition) is 2. The second kappa shape index (κ2) is 7.55. The summed E-state index contributed by atoms with van der Waals surface area (Å²) in [6.07, 6.45) is -3.18. The minimum atomic E-state index is -4.71. The van der Waals surface area contributed by atoms with Crippen LogP contribution in [0.4, 0.5) is 18.0 Å². The van der Waals surface area contributed by atoms with Crippen molar-refractivity contribution in [2.45, 2.75) is 6.18 Å². The molecule has 0 radical (unpaired) electrons. The Bertz CT molecular complexity index is 1090. The van der Waals surface area contributed by atoms with E-state index in [4.69, 9.17) is 20.5 Å². The number of carbonyl (C=O) groups is 1. The van der Waals surface area contributed by atoms with Gasteiger partial charge >= 0.3 is 12.2 Å². The Labute approximate surface area is 162 Å². The summed E-state index contributed by atoms with van der Waals surface area (Å²) in [6.45, 7) is 0. The molecule has 2 aromatic rings. The van der Waals surface area contributed by atoms with Gasteiger partial charge < -0.3 is 20.5 Å². The number of halogens is 3. The molecule has 2 aromatic carbocycles. The predicted octanol–water partition coefficient (Wildman–Crippen LogP) is 3.80. The summed E-state index contributed by atoms with van der Waals surface area (Å²) in [7, 11) is 1.33. The van der Waals surface area contributed by atoms with Crippen LogP contribution in [0, 0.1) is 11.3 Å².